The number of aromatic hydroxyl groups is 1. The number of anilines is 1. The SMILES string of the molecule is CCCc1cc(C2CCC2)c(NC(=O)C2CC2)cc1O. The van der Waals surface area contributed by atoms with Crippen molar-refractivity contribution >= 4 is 11.6 Å². The molecule has 1 aromatic rings. The average Bonchev–Trinajstić information content (AvgIpc) is 3.16. The fraction of sp³-hybridized carbons (Fsp3) is 0.588. The third kappa shape index (κ3) is 2.67. The van der Waals surface area contributed by atoms with E-state index in [1.807, 2.05) is 0 Å². The van der Waals surface area contributed by atoms with E-state index in [1.165, 1.54) is 24.8 Å². The number of hydrogen-bond donors (Lipinski definition) is 2. The molecule has 2 aliphatic rings. The summed E-state index contributed by atoms with van der Waals surface area (Å²) in [6.07, 6.45) is 7.58. The van der Waals surface area contributed by atoms with Crippen molar-refractivity contribution in [3.8, 4) is 5.75 Å². The monoisotopic (exact) mass is 273 g/mol. The predicted octanol–water partition coefficient (Wildman–Crippen LogP) is 3.96. The molecule has 2 saturated carbocycles. The highest BCUT2D eigenvalue weighted by Gasteiger charge is 2.31. The molecule has 0 heterocycles. The van der Waals surface area contributed by atoms with E-state index in [2.05, 4.69) is 18.3 Å². The maximum absolute atomic E-state index is 12.0. The van der Waals surface area contributed by atoms with Gasteiger partial charge >= 0.3 is 0 Å². The van der Waals surface area contributed by atoms with Crippen molar-refractivity contribution in [2.45, 2.75) is 57.8 Å². The molecule has 3 nitrogen and oxygen atoms in total. The summed E-state index contributed by atoms with van der Waals surface area (Å²) in [6, 6.07) is 3.88. The van der Waals surface area contributed by atoms with Gasteiger partial charge in [0.15, 0.2) is 0 Å². The second-order valence-corrected chi connectivity index (χ2v) is 6.21. The van der Waals surface area contributed by atoms with Crippen LogP contribution in [0.3, 0.4) is 0 Å². The lowest BCUT2D eigenvalue weighted by Crippen LogP contribution is -2.18. The maximum atomic E-state index is 12.0. The van der Waals surface area contributed by atoms with Gasteiger partial charge in [0.2, 0.25) is 5.91 Å². The summed E-state index contributed by atoms with van der Waals surface area (Å²) in [7, 11) is 0. The lowest BCUT2D eigenvalue weighted by molar-refractivity contribution is -0.117. The first kappa shape index (κ1) is 13.5. The van der Waals surface area contributed by atoms with E-state index in [0.29, 0.717) is 11.7 Å². The van der Waals surface area contributed by atoms with Gasteiger partial charge in [0.05, 0.1) is 0 Å². The molecule has 0 atom stereocenters. The molecule has 20 heavy (non-hydrogen) atoms. The Hall–Kier alpha value is -1.51. The molecule has 2 N–H and O–H groups in total. The molecule has 108 valence electrons. The number of hydrogen-bond acceptors (Lipinski definition) is 2. The minimum Gasteiger partial charge on any atom is -0.508 e. The van der Waals surface area contributed by atoms with Crippen molar-refractivity contribution in [2.75, 3.05) is 5.32 Å². The number of phenolic OH excluding ortho intramolecular Hbond substituents is 1. The molecule has 0 aliphatic heterocycles. The zero-order valence-electron chi connectivity index (χ0n) is 12.1. The van der Waals surface area contributed by atoms with Gasteiger partial charge in [-0.2, -0.15) is 0 Å². The van der Waals surface area contributed by atoms with Crippen LogP contribution in [0.2, 0.25) is 0 Å². The molecule has 0 unspecified atom stereocenters. The van der Waals surface area contributed by atoms with Crippen molar-refractivity contribution < 1.29 is 9.90 Å². The molecule has 2 aliphatic carbocycles. The second kappa shape index (κ2) is 5.47. The number of rotatable bonds is 5. The average molecular weight is 273 g/mol. The Balaban J connectivity index is 1.88. The van der Waals surface area contributed by atoms with E-state index < -0.39 is 0 Å². The highest BCUT2D eigenvalue weighted by Crippen LogP contribution is 2.43. The van der Waals surface area contributed by atoms with Gasteiger partial charge in [-0.3, -0.25) is 4.79 Å². The van der Waals surface area contributed by atoms with Crippen LogP contribution >= 0.6 is 0 Å². The van der Waals surface area contributed by atoms with Crippen LogP contribution in [0.4, 0.5) is 5.69 Å². The van der Waals surface area contributed by atoms with Gasteiger partial charge in [-0.1, -0.05) is 19.8 Å². The summed E-state index contributed by atoms with van der Waals surface area (Å²) < 4.78 is 0. The van der Waals surface area contributed by atoms with Crippen molar-refractivity contribution in [3.05, 3.63) is 23.3 Å². The molecule has 0 aromatic heterocycles. The molecule has 2 fully saturated rings. The zero-order chi connectivity index (χ0) is 14.1. The molecule has 0 bridgehead atoms. The second-order valence-electron chi connectivity index (χ2n) is 6.21. The number of nitrogens with one attached hydrogen (secondary N) is 1. The number of carbonyl (C=O) groups is 1. The molecule has 3 rings (SSSR count). The van der Waals surface area contributed by atoms with Crippen LogP contribution in [0.15, 0.2) is 12.1 Å². The van der Waals surface area contributed by atoms with E-state index in [-0.39, 0.29) is 11.8 Å². The lowest BCUT2D eigenvalue weighted by Gasteiger charge is -2.29. The molecule has 1 amide bonds. The molecular weight excluding hydrogens is 250 g/mol. The Bertz CT molecular complexity index is 516. The normalized spacial score (nSPS) is 18.6. The summed E-state index contributed by atoms with van der Waals surface area (Å²) in [6.45, 7) is 2.12. The van der Waals surface area contributed by atoms with Crippen LogP contribution in [-0.4, -0.2) is 11.0 Å². The third-order valence-corrected chi connectivity index (χ3v) is 4.52. The number of benzene rings is 1. The number of aryl methyl sites for hydroxylation is 1. The van der Waals surface area contributed by atoms with Crippen molar-refractivity contribution in [2.24, 2.45) is 5.92 Å². The highest BCUT2D eigenvalue weighted by atomic mass is 16.3. The first-order chi connectivity index (χ1) is 9.69. The third-order valence-electron chi connectivity index (χ3n) is 4.52. The largest absolute Gasteiger partial charge is 0.508 e. The van der Waals surface area contributed by atoms with Gasteiger partial charge in [0, 0.05) is 17.7 Å². The van der Waals surface area contributed by atoms with Crippen LogP contribution in [0.25, 0.3) is 0 Å². The number of amides is 1. The zero-order valence-corrected chi connectivity index (χ0v) is 12.1. The van der Waals surface area contributed by atoms with Gasteiger partial charge < -0.3 is 10.4 Å². The van der Waals surface area contributed by atoms with E-state index in [1.54, 1.807) is 6.07 Å². The summed E-state index contributed by atoms with van der Waals surface area (Å²) in [4.78, 5) is 12.0. The summed E-state index contributed by atoms with van der Waals surface area (Å²) in [5, 5.41) is 13.2. The molecule has 3 heteroatoms. The van der Waals surface area contributed by atoms with E-state index in [4.69, 9.17) is 0 Å². The van der Waals surface area contributed by atoms with E-state index in [9.17, 15) is 9.90 Å². The molecule has 0 radical (unpaired) electrons. The van der Waals surface area contributed by atoms with Gasteiger partial charge in [-0.15, -0.1) is 0 Å². The van der Waals surface area contributed by atoms with Crippen molar-refractivity contribution in [3.63, 3.8) is 0 Å². The van der Waals surface area contributed by atoms with Gasteiger partial charge in [0.25, 0.3) is 0 Å². The standard InChI is InChI=1S/C17H23NO2/c1-2-4-13-9-14(11-5-3-6-11)15(10-16(13)19)18-17(20)12-7-8-12/h9-12,19H,2-8H2,1H3,(H,18,20). The van der Waals surface area contributed by atoms with Crippen molar-refractivity contribution in [1.82, 2.24) is 0 Å². The number of carbonyl (C=O) groups excluding carboxylic acids is 1. The molecule has 0 spiro atoms. The Labute approximate surface area is 120 Å². The van der Waals surface area contributed by atoms with Crippen LogP contribution in [0.5, 0.6) is 5.75 Å². The summed E-state index contributed by atoms with van der Waals surface area (Å²) in [5.74, 6) is 1.19. The molecule has 1 aromatic carbocycles. The molecular formula is C17H23NO2. The van der Waals surface area contributed by atoms with Crippen LogP contribution in [-0.2, 0) is 11.2 Å². The quantitative estimate of drug-likeness (QED) is 0.853. The van der Waals surface area contributed by atoms with Gasteiger partial charge in [-0.25, -0.2) is 0 Å². The Morgan fingerprint density at radius 2 is 2.05 bits per heavy atom. The van der Waals surface area contributed by atoms with Gasteiger partial charge in [0.1, 0.15) is 5.75 Å². The minimum atomic E-state index is 0.119. The number of phenols is 1. The first-order valence-electron chi connectivity index (χ1n) is 7.85. The van der Waals surface area contributed by atoms with Gasteiger partial charge in [-0.05, 0) is 55.2 Å². The smallest absolute Gasteiger partial charge is 0.227 e. The maximum Gasteiger partial charge on any atom is 0.227 e. The highest BCUT2D eigenvalue weighted by molar-refractivity contribution is 5.95. The Kier molecular flexibility index (Phi) is 3.68. The van der Waals surface area contributed by atoms with E-state index in [0.717, 1.165) is 36.9 Å². The van der Waals surface area contributed by atoms with Crippen LogP contribution < -0.4 is 5.32 Å². The predicted molar refractivity (Wildman–Crippen MR) is 80.0 cm³/mol. The first-order valence-corrected chi connectivity index (χ1v) is 7.85. The summed E-state index contributed by atoms with van der Waals surface area (Å²) in [5.41, 5.74) is 3.08. The molecule has 0 saturated heterocycles. The van der Waals surface area contributed by atoms with E-state index >= 15 is 0 Å². The van der Waals surface area contributed by atoms with Crippen LogP contribution in [0.1, 0.15) is 62.5 Å². The Morgan fingerprint density at radius 1 is 1.30 bits per heavy atom. The lowest BCUT2D eigenvalue weighted by atomic mass is 9.78. The van der Waals surface area contributed by atoms with Crippen LogP contribution in [0, 0.1) is 5.92 Å². The fourth-order valence-electron chi connectivity index (χ4n) is 2.87. The van der Waals surface area contributed by atoms with Crippen molar-refractivity contribution in [1.29, 1.82) is 0 Å². The summed E-state index contributed by atoms with van der Waals surface area (Å²) >= 11 is 0. The topological polar surface area (TPSA) is 49.3 Å². The fourth-order valence-corrected chi connectivity index (χ4v) is 2.87. The minimum absolute atomic E-state index is 0.119. The Morgan fingerprint density at radius 3 is 2.60 bits per heavy atom.